The number of carbonyl (C=O) groups excluding carboxylic acids is 1. The topological polar surface area (TPSA) is 44.8 Å². The summed E-state index contributed by atoms with van der Waals surface area (Å²) >= 11 is 9.33. The fourth-order valence-electron chi connectivity index (χ4n) is 2.08. The summed E-state index contributed by atoms with van der Waals surface area (Å²) in [7, 11) is 0. The summed E-state index contributed by atoms with van der Waals surface area (Å²) < 4.78 is 17.0. The molecule has 0 aromatic heterocycles. The number of rotatable bonds is 3. The Hall–Kier alpha value is -1.72. The number of carbonyl (C=O) groups is 1. The summed E-state index contributed by atoms with van der Waals surface area (Å²) in [5.74, 6) is 1.30. The van der Waals surface area contributed by atoms with Gasteiger partial charge in [-0.05, 0) is 35.9 Å². The zero-order chi connectivity index (χ0) is 15.5. The highest BCUT2D eigenvalue weighted by atomic mass is 79.9. The van der Waals surface area contributed by atoms with Gasteiger partial charge in [0.1, 0.15) is 19.0 Å². The SMILES string of the molecule is O=C(Cc1ccc2c(c1)OCCO2)Oc1ccc(Br)cc1Cl. The normalized spacial score (nSPS) is 12.8. The van der Waals surface area contributed by atoms with Crippen LogP contribution in [0.1, 0.15) is 5.56 Å². The Morgan fingerprint density at radius 2 is 1.91 bits per heavy atom. The number of hydrogen-bond donors (Lipinski definition) is 0. The molecule has 2 aromatic carbocycles. The Bertz CT molecular complexity index is 717. The van der Waals surface area contributed by atoms with E-state index in [0.717, 1.165) is 10.0 Å². The summed E-state index contributed by atoms with van der Waals surface area (Å²) in [5.41, 5.74) is 0.794. The Morgan fingerprint density at radius 1 is 1.14 bits per heavy atom. The van der Waals surface area contributed by atoms with Gasteiger partial charge in [0.2, 0.25) is 0 Å². The molecular formula is C16H12BrClO4. The highest BCUT2D eigenvalue weighted by Gasteiger charge is 2.14. The number of hydrogen-bond acceptors (Lipinski definition) is 4. The standard InChI is InChI=1S/C16H12BrClO4/c17-11-2-4-13(12(18)9-11)22-16(19)8-10-1-3-14-15(7-10)21-6-5-20-14/h1-4,7,9H,5-6,8H2. The van der Waals surface area contributed by atoms with E-state index in [1.54, 1.807) is 30.3 Å². The number of benzene rings is 2. The molecule has 0 N–H and O–H groups in total. The smallest absolute Gasteiger partial charge is 0.315 e. The van der Waals surface area contributed by atoms with Crippen molar-refractivity contribution in [1.82, 2.24) is 0 Å². The van der Waals surface area contributed by atoms with Crippen molar-refractivity contribution in [1.29, 1.82) is 0 Å². The molecule has 1 aliphatic heterocycles. The second-order valence-electron chi connectivity index (χ2n) is 4.70. The van der Waals surface area contributed by atoms with E-state index in [1.807, 2.05) is 6.07 Å². The first kappa shape index (κ1) is 15.2. The highest BCUT2D eigenvalue weighted by molar-refractivity contribution is 9.10. The molecule has 0 saturated heterocycles. The minimum absolute atomic E-state index is 0.128. The van der Waals surface area contributed by atoms with E-state index in [-0.39, 0.29) is 12.4 Å². The fourth-order valence-corrected chi connectivity index (χ4v) is 2.79. The minimum Gasteiger partial charge on any atom is -0.486 e. The molecule has 3 rings (SSSR count). The van der Waals surface area contributed by atoms with Crippen LogP contribution in [0.25, 0.3) is 0 Å². The molecule has 1 aliphatic rings. The predicted octanol–water partition coefficient (Wildman–Crippen LogP) is 4.02. The maximum atomic E-state index is 12.0. The van der Waals surface area contributed by atoms with Crippen LogP contribution in [0.5, 0.6) is 17.2 Å². The lowest BCUT2D eigenvalue weighted by atomic mass is 10.1. The van der Waals surface area contributed by atoms with Crippen molar-refractivity contribution >= 4 is 33.5 Å². The zero-order valence-corrected chi connectivity index (χ0v) is 13.8. The van der Waals surface area contributed by atoms with Crippen molar-refractivity contribution < 1.29 is 19.0 Å². The Balaban J connectivity index is 1.69. The molecule has 0 radical (unpaired) electrons. The van der Waals surface area contributed by atoms with Crippen LogP contribution in [0.15, 0.2) is 40.9 Å². The van der Waals surface area contributed by atoms with E-state index in [9.17, 15) is 4.79 Å². The second-order valence-corrected chi connectivity index (χ2v) is 6.03. The first-order chi connectivity index (χ1) is 10.6. The van der Waals surface area contributed by atoms with E-state index in [0.29, 0.717) is 35.5 Å². The summed E-state index contributed by atoms with van der Waals surface area (Å²) in [4.78, 5) is 12.0. The van der Waals surface area contributed by atoms with Crippen LogP contribution in [-0.2, 0) is 11.2 Å². The van der Waals surface area contributed by atoms with E-state index in [4.69, 9.17) is 25.8 Å². The molecule has 0 spiro atoms. The van der Waals surface area contributed by atoms with Gasteiger partial charge in [-0.1, -0.05) is 33.6 Å². The van der Waals surface area contributed by atoms with Gasteiger partial charge in [0.15, 0.2) is 11.5 Å². The Kier molecular flexibility index (Phi) is 4.55. The summed E-state index contributed by atoms with van der Waals surface area (Å²) in [6.07, 6.45) is 0.128. The lowest BCUT2D eigenvalue weighted by Gasteiger charge is -2.18. The van der Waals surface area contributed by atoms with Crippen molar-refractivity contribution in [3.63, 3.8) is 0 Å². The lowest BCUT2D eigenvalue weighted by Crippen LogP contribution is -2.16. The van der Waals surface area contributed by atoms with Crippen LogP contribution in [0.4, 0.5) is 0 Å². The van der Waals surface area contributed by atoms with Crippen LogP contribution in [0, 0.1) is 0 Å². The van der Waals surface area contributed by atoms with Crippen LogP contribution in [-0.4, -0.2) is 19.2 Å². The Morgan fingerprint density at radius 3 is 2.68 bits per heavy atom. The molecule has 114 valence electrons. The molecule has 4 nitrogen and oxygen atoms in total. The number of ether oxygens (including phenoxy) is 3. The van der Waals surface area contributed by atoms with Gasteiger partial charge in [-0.2, -0.15) is 0 Å². The number of fused-ring (bicyclic) bond motifs is 1. The van der Waals surface area contributed by atoms with Crippen LogP contribution in [0.2, 0.25) is 5.02 Å². The first-order valence-corrected chi connectivity index (χ1v) is 7.83. The predicted molar refractivity (Wildman–Crippen MR) is 85.9 cm³/mol. The lowest BCUT2D eigenvalue weighted by molar-refractivity contribution is -0.133. The molecule has 6 heteroatoms. The van der Waals surface area contributed by atoms with Crippen LogP contribution < -0.4 is 14.2 Å². The number of halogens is 2. The number of esters is 1. The molecule has 0 amide bonds. The van der Waals surface area contributed by atoms with Gasteiger partial charge in [-0.3, -0.25) is 4.79 Å². The monoisotopic (exact) mass is 382 g/mol. The molecule has 0 unspecified atom stereocenters. The van der Waals surface area contributed by atoms with Gasteiger partial charge < -0.3 is 14.2 Å². The summed E-state index contributed by atoms with van der Waals surface area (Å²) in [6.45, 7) is 1.05. The molecule has 1 heterocycles. The van der Waals surface area contributed by atoms with Crippen molar-refractivity contribution in [3.05, 3.63) is 51.5 Å². The summed E-state index contributed by atoms with van der Waals surface area (Å²) in [6, 6.07) is 10.5. The van der Waals surface area contributed by atoms with E-state index in [2.05, 4.69) is 15.9 Å². The third-order valence-electron chi connectivity index (χ3n) is 3.07. The van der Waals surface area contributed by atoms with Crippen LogP contribution >= 0.6 is 27.5 Å². The van der Waals surface area contributed by atoms with Crippen molar-refractivity contribution in [2.24, 2.45) is 0 Å². The minimum atomic E-state index is -0.388. The average molecular weight is 384 g/mol. The molecule has 0 saturated carbocycles. The maximum absolute atomic E-state index is 12.0. The van der Waals surface area contributed by atoms with Gasteiger partial charge >= 0.3 is 5.97 Å². The van der Waals surface area contributed by atoms with Crippen molar-refractivity contribution in [3.8, 4) is 17.2 Å². The van der Waals surface area contributed by atoms with E-state index >= 15 is 0 Å². The van der Waals surface area contributed by atoms with E-state index < -0.39 is 0 Å². The molecular weight excluding hydrogens is 372 g/mol. The average Bonchev–Trinajstić information content (AvgIpc) is 2.50. The van der Waals surface area contributed by atoms with E-state index in [1.165, 1.54) is 0 Å². The third-order valence-corrected chi connectivity index (χ3v) is 3.86. The van der Waals surface area contributed by atoms with Gasteiger partial charge in [0.05, 0.1) is 11.4 Å². The van der Waals surface area contributed by atoms with Gasteiger partial charge in [0.25, 0.3) is 0 Å². The molecule has 0 aliphatic carbocycles. The largest absolute Gasteiger partial charge is 0.486 e. The molecule has 2 aromatic rings. The third kappa shape index (κ3) is 3.54. The second kappa shape index (κ2) is 6.58. The van der Waals surface area contributed by atoms with Crippen molar-refractivity contribution in [2.45, 2.75) is 6.42 Å². The van der Waals surface area contributed by atoms with Crippen LogP contribution in [0.3, 0.4) is 0 Å². The van der Waals surface area contributed by atoms with Crippen molar-refractivity contribution in [2.75, 3.05) is 13.2 Å². The quantitative estimate of drug-likeness (QED) is 0.593. The summed E-state index contributed by atoms with van der Waals surface area (Å²) in [5, 5.41) is 0.380. The van der Waals surface area contributed by atoms with Gasteiger partial charge in [0, 0.05) is 4.47 Å². The molecule has 0 atom stereocenters. The molecule has 0 fully saturated rings. The Labute approximate surface area is 141 Å². The molecule has 0 bridgehead atoms. The molecule has 22 heavy (non-hydrogen) atoms. The first-order valence-electron chi connectivity index (χ1n) is 6.66. The fraction of sp³-hybridized carbons (Fsp3) is 0.188. The zero-order valence-electron chi connectivity index (χ0n) is 11.5. The highest BCUT2D eigenvalue weighted by Crippen LogP contribution is 2.31. The van der Waals surface area contributed by atoms with Gasteiger partial charge in [-0.25, -0.2) is 0 Å². The van der Waals surface area contributed by atoms with Gasteiger partial charge in [-0.15, -0.1) is 0 Å². The maximum Gasteiger partial charge on any atom is 0.315 e.